The Bertz CT molecular complexity index is 989. The van der Waals surface area contributed by atoms with Crippen LogP contribution in [0.25, 0.3) is 0 Å². The largest absolute Gasteiger partial charge is 0.493 e. The van der Waals surface area contributed by atoms with Crippen molar-refractivity contribution in [2.24, 2.45) is 16.7 Å². The molecule has 4 atom stereocenters. The van der Waals surface area contributed by atoms with E-state index in [4.69, 9.17) is 24.4 Å². The Labute approximate surface area is 168 Å². The minimum absolute atomic E-state index is 0.337. The molecule has 0 unspecified atom stereocenters. The van der Waals surface area contributed by atoms with Crippen LogP contribution in [0.2, 0.25) is 0 Å². The maximum atomic E-state index is 10.3. The highest BCUT2D eigenvalue weighted by atomic mass is 16.7. The molecule has 1 saturated carbocycles. The average Bonchev–Trinajstić information content (AvgIpc) is 2.76. The molecule has 5 rings (SSSR count). The lowest BCUT2D eigenvalue weighted by molar-refractivity contribution is -0.360. The summed E-state index contributed by atoms with van der Waals surface area (Å²) in [6, 6.07) is 11.5. The zero-order valence-corrected chi connectivity index (χ0v) is 16.2. The number of nitrogens with one attached hydrogen (secondary N) is 1. The van der Waals surface area contributed by atoms with Crippen LogP contribution in [0.3, 0.4) is 0 Å². The number of hydrogen-bond acceptors (Lipinski definition) is 8. The van der Waals surface area contributed by atoms with Crippen LogP contribution in [0.4, 0.5) is 0 Å². The van der Waals surface area contributed by atoms with Gasteiger partial charge in [-0.25, -0.2) is 0 Å². The molecule has 29 heavy (non-hydrogen) atoms. The van der Waals surface area contributed by atoms with Gasteiger partial charge >= 0.3 is 0 Å². The molecule has 0 aromatic heterocycles. The van der Waals surface area contributed by atoms with Crippen molar-refractivity contribution in [2.75, 3.05) is 14.2 Å². The van der Waals surface area contributed by atoms with E-state index in [1.807, 2.05) is 0 Å². The second kappa shape index (κ2) is 6.37. The molecule has 1 aromatic rings. The predicted molar refractivity (Wildman–Crippen MR) is 98.6 cm³/mol. The van der Waals surface area contributed by atoms with Crippen molar-refractivity contribution in [1.29, 1.82) is 21.2 Å². The van der Waals surface area contributed by atoms with Gasteiger partial charge in [0.1, 0.15) is 6.10 Å². The van der Waals surface area contributed by atoms with Crippen LogP contribution in [0.1, 0.15) is 37.4 Å². The zero-order valence-electron chi connectivity index (χ0n) is 16.2. The summed E-state index contributed by atoms with van der Waals surface area (Å²) in [6.45, 7) is 0. The minimum atomic E-state index is -1.93. The fourth-order valence-corrected chi connectivity index (χ4v) is 5.24. The number of benzene rings is 1. The molecule has 0 radical (unpaired) electrons. The number of nitrogens with zero attached hydrogens (tertiary/aromatic N) is 3. The molecule has 0 amide bonds. The number of fused-ring (bicyclic) bond motifs is 2. The molecule has 2 bridgehead atoms. The molecule has 3 saturated heterocycles. The minimum Gasteiger partial charge on any atom is -0.493 e. The first kappa shape index (κ1) is 19.1. The molecule has 8 nitrogen and oxygen atoms in total. The maximum Gasteiger partial charge on any atom is 0.218 e. The Balaban J connectivity index is 2.04. The lowest BCUT2D eigenvalue weighted by atomic mass is 9.48. The van der Waals surface area contributed by atoms with Gasteiger partial charge in [0, 0.05) is 12.0 Å². The third-order valence-corrected chi connectivity index (χ3v) is 6.53. The van der Waals surface area contributed by atoms with Crippen LogP contribution >= 0.6 is 0 Å². The quantitative estimate of drug-likeness (QED) is 0.835. The van der Waals surface area contributed by atoms with Crippen LogP contribution in [0.5, 0.6) is 11.5 Å². The van der Waals surface area contributed by atoms with E-state index in [0.717, 1.165) is 12.8 Å². The van der Waals surface area contributed by atoms with Crippen LogP contribution < -0.4 is 9.47 Å². The molecular formula is C21H20N4O4. The first-order valence-electron chi connectivity index (χ1n) is 9.40. The van der Waals surface area contributed by atoms with E-state index in [2.05, 4.69) is 18.2 Å². The maximum absolute atomic E-state index is 10.3. The van der Waals surface area contributed by atoms with Gasteiger partial charge in [-0.2, -0.15) is 15.8 Å². The summed E-state index contributed by atoms with van der Waals surface area (Å²) >= 11 is 0. The summed E-state index contributed by atoms with van der Waals surface area (Å²) < 4.78 is 23.2. The van der Waals surface area contributed by atoms with Crippen molar-refractivity contribution in [3.8, 4) is 29.7 Å². The summed E-state index contributed by atoms with van der Waals surface area (Å²) in [4.78, 5) is 0. The topological polar surface area (TPSA) is 132 Å². The van der Waals surface area contributed by atoms with Gasteiger partial charge < -0.3 is 18.9 Å². The van der Waals surface area contributed by atoms with Crippen molar-refractivity contribution in [3.05, 3.63) is 23.8 Å². The number of ether oxygens (including phenoxy) is 4. The van der Waals surface area contributed by atoms with Gasteiger partial charge in [0.15, 0.2) is 22.3 Å². The monoisotopic (exact) mass is 392 g/mol. The molecule has 1 aliphatic carbocycles. The Morgan fingerprint density at radius 1 is 1.10 bits per heavy atom. The van der Waals surface area contributed by atoms with Crippen LogP contribution in [0, 0.1) is 56.2 Å². The smallest absolute Gasteiger partial charge is 0.218 e. The molecule has 8 heteroatoms. The molecule has 4 aliphatic rings. The van der Waals surface area contributed by atoms with Crippen LogP contribution in [-0.2, 0) is 9.47 Å². The highest BCUT2D eigenvalue weighted by Crippen LogP contribution is 2.70. The standard InChI is InChI=1S/C21H20N4O4/c1-26-14-7-5-6-13(16(14)27-2)17-20(12-24)18(25)29-21(28-17)9-4-3-8-15(21)19(20,10-22)11-23/h5-7,15,17,25H,3-4,8-9H2,1-2H3/t15-,17+,20+,21+/m0/s1. The normalized spacial score (nSPS) is 34.0. The molecule has 148 valence electrons. The average molecular weight is 392 g/mol. The molecule has 1 aromatic carbocycles. The van der Waals surface area contributed by atoms with Crippen molar-refractivity contribution in [1.82, 2.24) is 0 Å². The van der Waals surface area contributed by atoms with Gasteiger partial charge in [-0.15, -0.1) is 0 Å². The number of nitriles is 3. The van der Waals surface area contributed by atoms with E-state index in [1.54, 1.807) is 18.2 Å². The molecule has 3 heterocycles. The van der Waals surface area contributed by atoms with Gasteiger partial charge in [0.05, 0.1) is 38.3 Å². The van der Waals surface area contributed by atoms with Crippen LogP contribution in [-0.4, -0.2) is 25.9 Å². The van der Waals surface area contributed by atoms with Crippen LogP contribution in [0.15, 0.2) is 18.2 Å². The Morgan fingerprint density at radius 2 is 1.86 bits per heavy atom. The van der Waals surface area contributed by atoms with Gasteiger partial charge in [-0.1, -0.05) is 18.6 Å². The lowest BCUT2D eigenvalue weighted by Crippen LogP contribution is -2.73. The van der Waals surface area contributed by atoms with Crippen molar-refractivity contribution < 1.29 is 18.9 Å². The highest BCUT2D eigenvalue weighted by Gasteiger charge is 2.80. The summed E-state index contributed by atoms with van der Waals surface area (Å²) in [7, 11) is 2.96. The van der Waals surface area contributed by atoms with Crippen molar-refractivity contribution >= 4 is 5.90 Å². The third-order valence-electron chi connectivity index (χ3n) is 6.53. The second-order valence-corrected chi connectivity index (χ2v) is 7.57. The second-order valence-electron chi connectivity index (χ2n) is 7.57. The Morgan fingerprint density at radius 3 is 2.48 bits per heavy atom. The van der Waals surface area contributed by atoms with Gasteiger partial charge in [0.2, 0.25) is 11.7 Å². The van der Waals surface area contributed by atoms with E-state index in [0.29, 0.717) is 29.9 Å². The first-order valence-corrected chi connectivity index (χ1v) is 9.40. The molecule has 1 spiro atoms. The molecule has 3 aliphatic heterocycles. The SMILES string of the molecule is COc1cccc([C@H]2O[C@@]34CCCC[C@H]3C(C#N)(C#N)[C@@]2(C#N)C(=N)O4)c1OC. The van der Waals surface area contributed by atoms with E-state index in [1.165, 1.54) is 14.2 Å². The summed E-state index contributed by atoms with van der Waals surface area (Å²) in [6.07, 6.45) is 1.44. The summed E-state index contributed by atoms with van der Waals surface area (Å²) in [5.41, 5.74) is -3.27. The highest BCUT2D eigenvalue weighted by molar-refractivity contribution is 5.89. The Kier molecular flexibility index (Phi) is 4.19. The van der Waals surface area contributed by atoms with Crippen molar-refractivity contribution in [3.63, 3.8) is 0 Å². The summed E-state index contributed by atoms with van der Waals surface area (Å²) in [5.74, 6) is -1.56. The molecule has 1 N–H and O–H groups in total. The van der Waals surface area contributed by atoms with Crippen molar-refractivity contribution in [2.45, 2.75) is 37.6 Å². The number of para-hydroxylation sites is 1. The number of rotatable bonds is 3. The fourth-order valence-electron chi connectivity index (χ4n) is 5.24. The third kappa shape index (κ3) is 2.06. The number of hydrogen-bond donors (Lipinski definition) is 1. The number of methoxy groups -OCH3 is 2. The van der Waals surface area contributed by atoms with E-state index < -0.39 is 34.5 Å². The van der Waals surface area contributed by atoms with Gasteiger partial charge in [-0.3, -0.25) is 5.41 Å². The molecule has 4 fully saturated rings. The molecular weight excluding hydrogens is 372 g/mol. The van der Waals surface area contributed by atoms with E-state index in [9.17, 15) is 15.8 Å². The predicted octanol–water partition coefficient (Wildman–Crippen LogP) is 3.21. The zero-order chi connectivity index (χ0) is 20.9. The van der Waals surface area contributed by atoms with Gasteiger partial charge in [0.25, 0.3) is 0 Å². The first-order chi connectivity index (χ1) is 14.0. The fraction of sp³-hybridized carbons (Fsp3) is 0.524. The summed E-state index contributed by atoms with van der Waals surface area (Å²) in [5, 5.41) is 39.4. The van der Waals surface area contributed by atoms with E-state index in [-0.39, 0.29) is 0 Å². The lowest BCUT2D eigenvalue weighted by Gasteiger charge is -2.63. The van der Waals surface area contributed by atoms with Gasteiger partial charge in [-0.05, 0) is 18.9 Å². The van der Waals surface area contributed by atoms with E-state index >= 15 is 0 Å². The Hall–Kier alpha value is -3.28.